The fraction of sp³-hybridized carbons (Fsp3) is 0.615. The number of hydrogen-bond donors (Lipinski definition) is 0. The molecule has 0 bridgehead atoms. The molecule has 5 nitrogen and oxygen atoms in total. The summed E-state index contributed by atoms with van der Waals surface area (Å²) in [6.45, 7) is 12.9. The van der Waals surface area contributed by atoms with Gasteiger partial charge in [-0.15, -0.1) is 0 Å². The van der Waals surface area contributed by atoms with Crippen LogP contribution >= 0.6 is 0 Å². The fourth-order valence-electron chi connectivity index (χ4n) is 2.06. The van der Waals surface area contributed by atoms with Gasteiger partial charge in [0.2, 0.25) is 0 Å². The van der Waals surface area contributed by atoms with Crippen LogP contribution in [0.5, 0.6) is 0 Å². The summed E-state index contributed by atoms with van der Waals surface area (Å²) in [6, 6.07) is 0. The van der Waals surface area contributed by atoms with Crippen molar-refractivity contribution in [3.8, 4) is 0 Å². The summed E-state index contributed by atoms with van der Waals surface area (Å²) in [7, 11) is -1.35. The molecule has 6 heteroatoms. The maximum atomic E-state index is 12.4. The molecule has 2 heterocycles. The van der Waals surface area contributed by atoms with Gasteiger partial charge in [0.25, 0.3) is 5.56 Å². The maximum Gasteiger partial charge on any atom is 0.264 e. The molecule has 0 atom stereocenters. The third-order valence-corrected chi connectivity index (χ3v) is 4.12. The Morgan fingerprint density at radius 1 is 1.26 bits per heavy atom. The van der Waals surface area contributed by atoms with Crippen molar-refractivity contribution in [2.45, 2.75) is 52.1 Å². The van der Waals surface area contributed by atoms with Gasteiger partial charge in [0.15, 0.2) is 5.65 Å². The third kappa shape index (κ3) is 2.78. The second-order valence-electron chi connectivity index (χ2n) is 7.20. The predicted molar refractivity (Wildman–Crippen MR) is 80.1 cm³/mol. The van der Waals surface area contributed by atoms with E-state index in [0.29, 0.717) is 11.0 Å². The smallest absolute Gasteiger partial charge is 0.264 e. The summed E-state index contributed by atoms with van der Waals surface area (Å²) < 4.78 is 3.53. The zero-order valence-corrected chi connectivity index (χ0v) is 13.6. The van der Waals surface area contributed by atoms with E-state index in [4.69, 9.17) is 0 Å². The molecule has 0 aliphatic rings. The summed E-state index contributed by atoms with van der Waals surface area (Å²) in [5.41, 5.74) is 0.513. The Labute approximate surface area is 114 Å². The lowest BCUT2D eigenvalue weighted by molar-refractivity contribution is 0.365. The first kappa shape index (κ1) is 14.0. The van der Waals surface area contributed by atoms with Crippen molar-refractivity contribution < 1.29 is 0 Å². The maximum absolute atomic E-state index is 12.4. The van der Waals surface area contributed by atoms with Crippen molar-refractivity contribution >= 4 is 19.1 Å². The molecule has 19 heavy (non-hydrogen) atoms. The van der Waals surface area contributed by atoms with Gasteiger partial charge in [-0.2, -0.15) is 5.10 Å². The number of fused-ring (bicyclic) bond motifs is 1. The standard InChI is InChI=1S/C13H22N4OSi/c1-13(2,3)17-11-10(7-15-17)12(18)16(8-14-11)9-19(4,5)6/h7-8H,9H2,1-6H3. The van der Waals surface area contributed by atoms with E-state index in [2.05, 4.69) is 50.5 Å². The van der Waals surface area contributed by atoms with Crippen LogP contribution in [-0.2, 0) is 11.7 Å². The average Bonchev–Trinajstić information content (AvgIpc) is 2.64. The number of hydrogen-bond acceptors (Lipinski definition) is 3. The van der Waals surface area contributed by atoms with E-state index in [1.807, 2.05) is 4.68 Å². The Morgan fingerprint density at radius 2 is 1.89 bits per heavy atom. The Kier molecular flexibility index (Phi) is 3.16. The molecular weight excluding hydrogens is 256 g/mol. The van der Waals surface area contributed by atoms with Gasteiger partial charge in [0.05, 0.1) is 26.1 Å². The number of rotatable bonds is 2. The van der Waals surface area contributed by atoms with Crippen LogP contribution in [0.3, 0.4) is 0 Å². The molecule has 104 valence electrons. The summed E-state index contributed by atoms with van der Waals surface area (Å²) >= 11 is 0. The Balaban J connectivity index is 2.59. The quantitative estimate of drug-likeness (QED) is 0.792. The minimum atomic E-state index is -1.35. The van der Waals surface area contributed by atoms with E-state index in [-0.39, 0.29) is 11.1 Å². The van der Waals surface area contributed by atoms with E-state index < -0.39 is 8.07 Å². The van der Waals surface area contributed by atoms with Crippen molar-refractivity contribution in [2.24, 2.45) is 0 Å². The van der Waals surface area contributed by atoms with Crippen molar-refractivity contribution in [3.63, 3.8) is 0 Å². The highest BCUT2D eigenvalue weighted by Gasteiger charge is 2.21. The van der Waals surface area contributed by atoms with Crippen molar-refractivity contribution in [2.75, 3.05) is 0 Å². The molecule has 0 fully saturated rings. The summed E-state index contributed by atoms with van der Waals surface area (Å²) in [5.74, 6) is 0. The Hall–Kier alpha value is -1.43. The molecule has 0 spiro atoms. The predicted octanol–water partition coefficient (Wildman–Crippen LogP) is 2.23. The topological polar surface area (TPSA) is 52.7 Å². The zero-order valence-electron chi connectivity index (χ0n) is 12.6. The molecule has 0 aromatic carbocycles. The van der Waals surface area contributed by atoms with Crippen molar-refractivity contribution in [1.82, 2.24) is 19.3 Å². The molecule has 0 unspecified atom stereocenters. The second kappa shape index (κ2) is 4.30. The van der Waals surface area contributed by atoms with E-state index >= 15 is 0 Å². The summed E-state index contributed by atoms with van der Waals surface area (Å²) in [5, 5.41) is 4.92. The Bertz CT molecular complexity index is 658. The van der Waals surface area contributed by atoms with Crippen molar-refractivity contribution in [3.05, 3.63) is 22.9 Å². The Morgan fingerprint density at radius 3 is 2.42 bits per heavy atom. The SMILES string of the molecule is CC(C)(C)n1ncc2c(=O)n(C[Si](C)(C)C)cnc21. The van der Waals surface area contributed by atoms with Gasteiger partial charge < -0.3 is 4.57 Å². The van der Waals surface area contributed by atoms with E-state index in [9.17, 15) is 4.79 Å². The number of aromatic nitrogens is 4. The largest absolute Gasteiger partial charge is 0.302 e. The van der Waals surface area contributed by atoms with Crippen molar-refractivity contribution in [1.29, 1.82) is 0 Å². The average molecular weight is 278 g/mol. The van der Waals surface area contributed by atoms with Gasteiger partial charge in [-0.3, -0.25) is 4.79 Å². The molecule has 0 amide bonds. The molecule has 0 saturated carbocycles. The van der Waals surface area contributed by atoms with Crippen LogP contribution in [0.25, 0.3) is 11.0 Å². The molecule has 2 aromatic rings. The van der Waals surface area contributed by atoms with Gasteiger partial charge in [0, 0.05) is 6.17 Å². The fourth-order valence-corrected chi connectivity index (χ4v) is 3.31. The van der Waals surface area contributed by atoms with Crippen LogP contribution in [0, 0.1) is 0 Å². The summed E-state index contributed by atoms with van der Waals surface area (Å²) in [6.07, 6.45) is 4.08. The van der Waals surface area contributed by atoms with Crippen LogP contribution in [0.4, 0.5) is 0 Å². The lowest BCUT2D eigenvalue weighted by Gasteiger charge is -2.20. The molecule has 0 radical (unpaired) electrons. The van der Waals surface area contributed by atoms with Crippen LogP contribution in [0.2, 0.25) is 19.6 Å². The number of nitrogens with zero attached hydrogens (tertiary/aromatic N) is 4. The molecule has 2 rings (SSSR count). The monoisotopic (exact) mass is 278 g/mol. The van der Waals surface area contributed by atoms with Gasteiger partial charge in [-0.05, 0) is 20.8 Å². The van der Waals surface area contributed by atoms with Gasteiger partial charge in [0.1, 0.15) is 5.39 Å². The highest BCUT2D eigenvalue weighted by molar-refractivity contribution is 6.74. The molecule has 0 saturated heterocycles. The lowest BCUT2D eigenvalue weighted by Crippen LogP contribution is -2.34. The highest BCUT2D eigenvalue weighted by atomic mass is 28.3. The van der Waals surface area contributed by atoms with E-state index in [0.717, 1.165) is 6.17 Å². The highest BCUT2D eigenvalue weighted by Crippen LogP contribution is 2.17. The summed E-state index contributed by atoms with van der Waals surface area (Å²) in [4.78, 5) is 16.9. The molecule has 2 aromatic heterocycles. The van der Waals surface area contributed by atoms with E-state index in [1.54, 1.807) is 17.1 Å². The van der Waals surface area contributed by atoms with Crippen LogP contribution in [-0.4, -0.2) is 27.4 Å². The second-order valence-corrected chi connectivity index (χ2v) is 12.6. The van der Waals surface area contributed by atoms with Crippen LogP contribution in [0.15, 0.2) is 17.3 Å². The van der Waals surface area contributed by atoms with Crippen LogP contribution in [0.1, 0.15) is 20.8 Å². The van der Waals surface area contributed by atoms with Gasteiger partial charge >= 0.3 is 0 Å². The normalized spacial score (nSPS) is 13.2. The first-order chi connectivity index (χ1) is 8.59. The van der Waals surface area contributed by atoms with Gasteiger partial charge in [-0.1, -0.05) is 19.6 Å². The lowest BCUT2D eigenvalue weighted by atomic mass is 10.1. The minimum absolute atomic E-state index is 0.0166. The first-order valence-electron chi connectivity index (χ1n) is 6.53. The molecular formula is C13H22N4OSi. The first-order valence-corrected chi connectivity index (χ1v) is 10.2. The molecule has 0 aliphatic heterocycles. The van der Waals surface area contributed by atoms with Crippen LogP contribution < -0.4 is 5.56 Å². The van der Waals surface area contributed by atoms with E-state index in [1.165, 1.54) is 0 Å². The molecule has 0 N–H and O–H groups in total. The zero-order chi connectivity index (χ0) is 14.4. The minimum Gasteiger partial charge on any atom is -0.302 e. The van der Waals surface area contributed by atoms with Gasteiger partial charge in [-0.25, -0.2) is 9.67 Å². The third-order valence-electron chi connectivity index (χ3n) is 2.83. The molecule has 0 aliphatic carbocycles.